The Hall–Kier alpha value is -0.160. The Balaban J connectivity index is 3.12. The maximum Gasteiger partial charge on any atom is 0.0664 e. The first-order valence-corrected chi connectivity index (χ1v) is 11.5. The molecule has 0 aliphatic carbocycles. The van der Waals surface area contributed by atoms with Crippen molar-refractivity contribution in [1.29, 1.82) is 0 Å². The van der Waals surface area contributed by atoms with Gasteiger partial charge in [-0.2, -0.15) is 0 Å². The molecule has 0 bridgehead atoms. The fourth-order valence-corrected chi connectivity index (χ4v) is 3.25. The van der Waals surface area contributed by atoms with Crippen LogP contribution in [-0.4, -0.2) is 51.0 Å². The maximum absolute atomic E-state index is 10.0. The summed E-state index contributed by atoms with van der Waals surface area (Å²) in [6, 6.07) is 0. The van der Waals surface area contributed by atoms with Crippen molar-refractivity contribution in [3.8, 4) is 0 Å². The van der Waals surface area contributed by atoms with E-state index in [1.165, 1.54) is 83.5 Å². The van der Waals surface area contributed by atoms with Crippen molar-refractivity contribution in [2.45, 2.75) is 103 Å². The van der Waals surface area contributed by atoms with Gasteiger partial charge in [-0.25, -0.2) is 0 Å². The highest BCUT2D eigenvalue weighted by Crippen LogP contribution is 2.11. The number of aliphatic hydroxyl groups excluding tert-OH is 1. The molecular formula is C22H49N3O. The molecule has 0 aromatic rings. The van der Waals surface area contributed by atoms with Gasteiger partial charge in [0.25, 0.3) is 0 Å². The molecule has 0 aliphatic rings. The summed E-state index contributed by atoms with van der Waals surface area (Å²) in [7, 11) is 1.98. The molecule has 26 heavy (non-hydrogen) atoms. The molecule has 0 spiro atoms. The Morgan fingerprint density at radius 2 is 1.15 bits per heavy atom. The van der Waals surface area contributed by atoms with Gasteiger partial charge in [-0.15, -0.1) is 0 Å². The van der Waals surface area contributed by atoms with Crippen molar-refractivity contribution in [2.24, 2.45) is 0 Å². The number of unbranched alkanes of at least 4 members (excludes halogenated alkanes) is 11. The molecule has 1 atom stereocenters. The van der Waals surface area contributed by atoms with Gasteiger partial charge in [0.15, 0.2) is 0 Å². The first kappa shape index (κ1) is 25.8. The summed E-state index contributed by atoms with van der Waals surface area (Å²) in [5, 5.41) is 20.0. The number of likely N-dealkylation sites (N-methyl/N-ethyl adjacent to an activating group) is 1. The topological polar surface area (TPSA) is 56.3 Å². The van der Waals surface area contributed by atoms with Gasteiger partial charge in [-0.1, -0.05) is 77.6 Å². The van der Waals surface area contributed by atoms with Gasteiger partial charge in [0.05, 0.1) is 6.10 Å². The SMILES string of the molecule is CCCCCCCCCCCCC(O)CNCCCCCNCCNC. The highest BCUT2D eigenvalue weighted by molar-refractivity contribution is 4.61. The molecule has 0 aromatic carbocycles. The largest absolute Gasteiger partial charge is 0.392 e. The second kappa shape index (κ2) is 22.9. The minimum atomic E-state index is -0.160. The molecule has 1 unspecified atom stereocenters. The summed E-state index contributed by atoms with van der Waals surface area (Å²) in [6.07, 6.45) is 18.1. The molecule has 0 heterocycles. The van der Waals surface area contributed by atoms with Crippen LogP contribution in [0.25, 0.3) is 0 Å². The maximum atomic E-state index is 10.0. The van der Waals surface area contributed by atoms with E-state index in [0.717, 1.165) is 39.1 Å². The van der Waals surface area contributed by atoms with E-state index in [9.17, 15) is 5.11 Å². The van der Waals surface area contributed by atoms with Crippen LogP contribution in [0.2, 0.25) is 0 Å². The summed E-state index contributed by atoms with van der Waals surface area (Å²) in [4.78, 5) is 0. The smallest absolute Gasteiger partial charge is 0.0664 e. The molecule has 0 amide bonds. The van der Waals surface area contributed by atoms with Gasteiger partial charge >= 0.3 is 0 Å². The monoisotopic (exact) mass is 371 g/mol. The van der Waals surface area contributed by atoms with Crippen LogP contribution in [0.3, 0.4) is 0 Å². The Morgan fingerprint density at radius 3 is 1.77 bits per heavy atom. The normalized spacial score (nSPS) is 12.6. The minimum absolute atomic E-state index is 0.160. The van der Waals surface area contributed by atoms with E-state index in [1.54, 1.807) is 0 Å². The van der Waals surface area contributed by atoms with Crippen LogP contribution in [0.15, 0.2) is 0 Å². The standard InChI is InChI=1S/C22H49N3O/c1-3-4-5-6-7-8-9-10-11-13-16-22(26)21-25-18-15-12-14-17-24-20-19-23-2/h22-26H,3-21H2,1-2H3. The molecule has 0 saturated carbocycles. The molecule has 0 fully saturated rings. The number of aliphatic hydroxyl groups is 1. The predicted octanol–water partition coefficient (Wildman–Crippen LogP) is 4.23. The average molecular weight is 372 g/mol. The van der Waals surface area contributed by atoms with E-state index < -0.39 is 0 Å². The van der Waals surface area contributed by atoms with E-state index in [-0.39, 0.29) is 6.10 Å². The zero-order chi connectivity index (χ0) is 19.1. The summed E-state index contributed by atoms with van der Waals surface area (Å²) < 4.78 is 0. The molecule has 158 valence electrons. The van der Waals surface area contributed by atoms with Crippen LogP contribution in [0, 0.1) is 0 Å². The Labute approximate surface area is 164 Å². The van der Waals surface area contributed by atoms with E-state index in [4.69, 9.17) is 0 Å². The minimum Gasteiger partial charge on any atom is -0.392 e. The molecule has 0 aliphatic heterocycles. The van der Waals surface area contributed by atoms with Crippen molar-refractivity contribution >= 4 is 0 Å². The molecule has 0 saturated heterocycles. The van der Waals surface area contributed by atoms with Gasteiger partial charge in [0, 0.05) is 19.6 Å². The second-order valence-corrected chi connectivity index (χ2v) is 7.74. The van der Waals surface area contributed by atoms with Crippen LogP contribution in [0.5, 0.6) is 0 Å². The highest BCUT2D eigenvalue weighted by atomic mass is 16.3. The van der Waals surface area contributed by atoms with E-state index in [0.29, 0.717) is 0 Å². The average Bonchev–Trinajstić information content (AvgIpc) is 2.64. The predicted molar refractivity (Wildman–Crippen MR) is 116 cm³/mol. The third kappa shape index (κ3) is 21.9. The third-order valence-electron chi connectivity index (χ3n) is 5.03. The van der Waals surface area contributed by atoms with E-state index >= 15 is 0 Å². The fourth-order valence-electron chi connectivity index (χ4n) is 3.25. The zero-order valence-electron chi connectivity index (χ0n) is 18.0. The van der Waals surface area contributed by atoms with E-state index in [2.05, 4.69) is 22.9 Å². The van der Waals surface area contributed by atoms with Crippen molar-refractivity contribution in [3.63, 3.8) is 0 Å². The van der Waals surface area contributed by atoms with Gasteiger partial charge < -0.3 is 21.1 Å². The van der Waals surface area contributed by atoms with Crippen molar-refractivity contribution in [1.82, 2.24) is 16.0 Å². The molecule has 0 radical (unpaired) electrons. The number of rotatable bonds is 22. The number of hydrogen-bond donors (Lipinski definition) is 4. The number of nitrogens with one attached hydrogen (secondary N) is 3. The first-order valence-electron chi connectivity index (χ1n) is 11.5. The lowest BCUT2D eigenvalue weighted by molar-refractivity contribution is 0.158. The van der Waals surface area contributed by atoms with Crippen LogP contribution >= 0.6 is 0 Å². The Morgan fingerprint density at radius 1 is 0.615 bits per heavy atom. The third-order valence-corrected chi connectivity index (χ3v) is 5.03. The fraction of sp³-hybridized carbons (Fsp3) is 1.00. The number of hydrogen-bond acceptors (Lipinski definition) is 4. The molecule has 4 heteroatoms. The molecule has 0 rings (SSSR count). The van der Waals surface area contributed by atoms with Gasteiger partial charge in [-0.05, 0) is 39.4 Å². The summed E-state index contributed by atoms with van der Waals surface area (Å²) >= 11 is 0. The van der Waals surface area contributed by atoms with Crippen LogP contribution in [0.1, 0.15) is 96.8 Å². The lowest BCUT2D eigenvalue weighted by Gasteiger charge is -2.12. The molecule has 4 nitrogen and oxygen atoms in total. The lowest BCUT2D eigenvalue weighted by atomic mass is 10.0. The Kier molecular flexibility index (Phi) is 22.7. The highest BCUT2D eigenvalue weighted by Gasteiger charge is 2.03. The van der Waals surface area contributed by atoms with Gasteiger partial charge in [0.2, 0.25) is 0 Å². The molecule has 4 N–H and O–H groups in total. The second-order valence-electron chi connectivity index (χ2n) is 7.74. The van der Waals surface area contributed by atoms with Crippen molar-refractivity contribution < 1.29 is 5.11 Å². The summed E-state index contributed by atoms with van der Waals surface area (Å²) in [5.41, 5.74) is 0. The van der Waals surface area contributed by atoms with Crippen molar-refractivity contribution in [3.05, 3.63) is 0 Å². The lowest BCUT2D eigenvalue weighted by Crippen LogP contribution is -2.28. The van der Waals surface area contributed by atoms with Crippen LogP contribution in [-0.2, 0) is 0 Å². The van der Waals surface area contributed by atoms with E-state index in [1.807, 2.05) is 7.05 Å². The zero-order valence-corrected chi connectivity index (χ0v) is 18.0. The molecular weight excluding hydrogens is 322 g/mol. The van der Waals surface area contributed by atoms with Gasteiger partial charge in [-0.3, -0.25) is 0 Å². The Bertz CT molecular complexity index is 228. The quantitative estimate of drug-likeness (QED) is 0.215. The van der Waals surface area contributed by atoms with Crippen LogP contribution < -0.4 is 16.0 Å². The van der Waals surface area contributed by atoms with Crippen LogP contribution in [0.4, 0.5) is 0 Å². The summed E-state index contributed by atoms with van der Waals surface area (Å²) in [6.45, 7) is 7.28. The molecule has 0 aromatic heterocycles. The summed E-state index contributed by atoms with van der Waals surface area (Å²) in [5.74, 6) is 0. The van der Waals surface area contributed by atoms with Crippen molar-refractivity contribution in [2.75, 3.05) is 39.8 Å². The van der Waals surface area contributed by atoms with Gasteiger partial charge in [0.1, 0.15) is 0 Å². The first-order chi connectivity index (χ1) is 12.8.